The first-order valence-corrected chi connectivity index (χ1v) is 8.20. The van der Waals surface area contributed by atoms with E-state index >= 15 is 0 Å². The summed E-state index contributed by atoms with van der Waals surface area (Å²) in [5.41, 5.74) is 6.18. The molecule has 0 saturated heterocycles. The Balaban J connectivity index is 2.65. The van der Waals surface area contributed by atoms with Crippen molar-refractivity contribution in [3.63, 3.8) is 0 Å². The van der Waals surface area contributed by atoms with Crippen LogP contribution in [0.5, 0.6) is 0 Å². The van der Waals surface area contributed by atoms with Gasteiger partial charge in [-0.05, 0) is 79.1 Å². The molecule has 0 unspecified atom stereocenters. The summed E-state index contributed by atoms with van der Waals surface area (Å²) in [5.74, 6) is 0. The molecule has 0 nitrogen and oxygen atoms in total. The molecule has 0 aromatic carbocycles. The van der Waals surface area contributed by atoms with Crippen LogP contribution in [-0.2, 0) is 0 Å². The van der Waals surface area contributed by atoms with E-state index in [1.807, 2.05) is 0 Å². The van der Waals surface area contributed by atoms with Crippen LogP contribution in [-0.4, -0.2) is 0 Å². The number of hydrogen-bond acceptors (Lipinski definition) is 0. The largest absolute Gasteiger partial charge is 0.0853 e. The average molecular weight is 272 g/mol. The maximum absolute atomic E-state index is 2.43. The monoisotopic (exact) mass is 272 g/mol. The van der Waals surface area contributed by atoms with E-state index in [9.17, 15) is 0 Å². The molecule has 0 aliphatic heterocycles. The molecule has 20 heavy (non-hydrogen) atoms. The van der Waals surface area contributed by atoms with E-state index in [0.717, 1.165) is 0 Å². The Morgan fingerprint density at radius 1 is 0.450 bits per heavy atom. The Kier molecular flexibility index (Phi) is 8.34. The number of allylic oxidation sites excluding steroid dienone is 8. The van der Waals surface area contributed by atoms with Gasteiger partial charge in [0.15, 0.2) is 0 Å². The molecule has 0 fully saturated rings. The van der Waals surface area contributed by atoms with E-state index in [4.69, 9.17) is 0 Å². The molecule has 1 rings (SSSR count). The second kappa shape index (κ2) is 9.80. The van der Waals surface area contributed by atoms with E-state index in [-0.39, 0.29) is 0 Å². The van der Waals surface area contributed by atoms with Gasteiger partial charge in [-0.15, -0.1) is 0 Å². The SMILES string of the molecule is C/C1=C/CC/C(C)=C\CC/C(C)=C\CC/C(C)=C\CC1. The maximum Gasteiger partial charge on any atom is -0.0288 e. The molecule has 0 radical (unpaired) electrons. The zero-order valence-electron chi connectivity index (χ0n) is 14.0. The van der Waals surface area contributed by atoms with Crippen molar-refractivity contribution in [2.45, 2.75) is 79.1 Å². The first-order valence-electron chi connectivity index (χ1n) is 8.20. The molecule has 0 aromatic rings. The molecule has 0 bridgehead atoms. The normalized spacial score (nSPS) is 31.0. The van der Waals surface area contributed by atoms with Gasteiger partial charge in [-0.1, -0.05) is 46.6 Å². The fourth-order valence-electron chi connectivity index (χ4n) is 2.59. The van der Waals surface area contributed by atoms with Gasteiger partial charge in [0.1, 0.15) is 0 Å². The second-order valence-corrected chi connectivity index (χ2v) is 6.36. The fraction of sp³-hybridized carbons (Fsp3) is 0.600. The van der Waals surface area contributed by atoms with Gasteiger partial charge in [0.25, 0.3) is 0 Å². The molecule has 0 N–H and O–H groups in total. The molecule has 1 aliphatic rings. The summed E-state index contributed by atoms with van der Waals surface area (Å²) >= 11 is 0. The topological polar surface area (TPSA) is 0 Å². The van der Waals surface area contributed by atoms with Crippen LogP contribution in [0.3, 0.4) is 0 Å². The van der Waals surface area contributed by atoms with Gasteiger partial charge in [-0.25, -0.2) is 0 Å². The molecular formula is C20H32. The van der Waals surface area contributed by atoms with Crippen LogP contribution >= 0.6 is 0 Å². The Hall–Kier alpha value is -1.04. The highest BCUT2D eigenvalue weighted by Crippen LogP contribution is 2.16. The molecule has 0 spiro atoms. The third kappa shape index (κ3) is 8.19. The number of rotatable bonds is 0. The zero-order chi connectivity index (χ0) is 14.8. The lowest BCUT2D eigenvalue weighted by Gasteiger charge is -2.05. The zero-order valence-corrected chi connectivity index (χ0v) is 14.0. The highest BCUT2D eigenvalue weighted by Gasteiger charge is 1.96. The Bertz CT molecular complexity index is 322. The molecule has 0 amide bonds. The summed E-state index contributed by atoms with van der Waals surface area (Å²) in [6.45, 7) is 9.10. The quantitative estimate of drug-likeness (QED) is 0.420. The van der Waals surface area contributed by atoms with Crippen molar-refractivity contribution < 1.29 is 0 Å². The van der Waals surface area contributed by atoms with E-state index in [1.165, 1.54) is 51.4 Å². The predicted molar refractivity (Wildman–Crippen MR) is 92.0 cm³/mol. The summed E-state index contributed by atoms with van der Waals surface area (Å²) in [5, 5.41) is 0. The molecule has 0 saturated carbocycles. The van der Waals surface area contributed by atoms with E-state index in [2.05, 4.69) is 52.0 Å². The molecule has 112 valence electrons. The standard InChI is InChI=1S/C20H32/c1-17-9-5-11-18(2)13-7-15-20(4)16-8-14-19(3)12-6-10-17/h9,12-13,16H,5-8,10-11,14-15H2,1-4H3/b17-9-,18-13-,19-12-,20-16-. The summed E-state index contributed by atoms with van der Waals surface area (Å²) in [6.07, 6.45) is 19.4. The lowest BCUT2D eigenvalue weighted by Crippen LogP contribution is -1.84. The Morgan fingerprint density at radius 2 is 0.650 bits per heavy atom. The van der Waals surface area contributed by atoms with Crippen LogP contribution < -0.4 is 0 Å². The lowest BCUT2D eigenvalue weighted by atomic mass is 10.0. The van der Waals surface area contributed by atoms with Gasteiger partial charge in [-0.2, -0.15) is 0 Å². The highest BCUT2D eigenvalue weighted by atomic mass is 14.0. The number of hydrogen-bond donors (Lipinski definition) is 0. The van der Waals surface area contributed by atoms with Gasteiger partial charge in [0.2, 0.25) is 0 Å². The summed E-state index contributed by atoms with van der Waals surface area (Å²) in [6, 6.07) is 0. The maximum atomic E-state index is 2.43. The van der Waals surface area contributed by atoms with Crippen molar-refractivity contribution in [2.75, 3.05) is 0 Å². The first kappa shape index (κ1) is 17.0. The van der Waals surface area contributed by atoms with E-state index < -0.39 is 0 Å². The summed E-state index contributed by atoms with van der Waals surface area (Å²) in [7, 11) is 0. The van der Waals surface area contributed by atoms with E-state index in [1.54, 1.807) is 22.3 Å². The van der Waals surface area contributed by atoms with Crippen LogP contribution in [0.1, 0.15) is 79.1 Å². The summed E-state index contributed by atoms with van der Waals surface area (Å²) < 4.78 is 0. The average Bonchev–Trinajstić information content (AvgIpc) is 2.37. The smallest absolute Gasteiger partial charge is 0.0288 e. The van der Waals surface area contributed by atoms with Crippen LogP contribution in [0.2, 0.25) is 0 Å². The molecule has 0 heteroatoms. The minimum absolute atomic E-state index is 1.20. The van der Waals surface area contributed by atoms with Crippen molar-refractivity contribution in [1.29, 1.82) is 0 Å². The Morgan fingerprint density at radius 3 is 0.850 bits per heavy atom. The molecule has 1 aliphatic carbocycles. The third-order valence-electron chi connectivity index (χ3n) is 4.13. The second-order valence-electron chi connectivity index (χ2n) is 6.36. The van der Waals surface area contributed by atoms with Crippen molar-refractivity contribution in [3.05, 3.63) is 46.6 Å². The van der Waals surface area contributed by atoms with Crippen molar-refractivity contribution in [1.82, 2.24) is 0 Å². The predicted octanol–water partition coefficient (Wildman–Crippen LogP) is 6.91. The summed E-state index contributed by atoms with van der Waals surface area (Å²) in [4.78, 5) is 0. The molecule has 0 heterocycles. The fourth-order valence-corrected chi connectivity index (χ4v) is 2.59. The minimum atomic E-state index is 1.20. The minimum Gasteiger partial charge on any atom is -0.0853 e. The van der Waals surface area contributed by atoms with Crippen LogP contribution in [0.25, 0.3) is 0 Å². The molecule has 0 aromatic heterocycles. The lowest BCUT2D eigenvalue weighted by molar-refractivity contribution is 0.875. The van der Waals surface area contributed by atoms with Gasteiger partial charge < -0.3 is 0 Å². The highest BCUT2D eigenvalue weighted by molar-refractivity contribution is 5.09. The molecule has 0 atom stereocenters. The van der Waals surface area contributed by atoms with Crippen LogP contribution in [0.4, 0.5) is 0 Å². The van der Waals surface area contributed by atoms with Gasteiger partial charge in [0, 0.05) is 0 Å². The first-order chi connectivity index (χ1) is 9.58. The molecular weight excluding hydrogens is 240 g/mol. The van der Waals surface area contributed by atoms with Gasteiger partial charge >= 0.3 is 0 Å². The van der Waals surface area contributed by atoms with Crippen molar-refractivity contribution in [3.8, 4) is 0 Å². The van der Waals surface area contributed by atoms with Crippen LogP contribution in [0, 0.1) is 0 Å². The van der Waals surface area contributed by atoms with Gasteiger partial charge in [0.05, 0.1) is 0 Å². The third-order valence-corrected chi connectivity index (χ3v) is 4.13. The van der Waals surface area contributed by atoms with Crippen LogP contribution in [0.15, 0.2) is 46.6 Å². The van der Waals surface area contributed by atoms with Crippen molar-refractivity contribution in [2.24, 2.45) is 0 Å². The van der Waals surface area contributed by atoms with Gasteiger partial charge in [-0.3, -0.25) is 0 Å². The van der Waals surface area contributed by atoms with E-state index in [0.29, 0.717) is 0 Å². The van der Waals surface area contributed by atoms with Crippen molar-refractivity contribution >= 4 is 0 Å². The Labute approximate surface area is 126 Å².